The van der Waals surface area contributed by atoms with E-state index < -0.39 is 6.17 Å². The number of alkyl halides is 1. The summed E-state index contributed by atoms with van der Waals surface area (Å²) in [6.45, 7) is 0. The summed E-state index contributed by atoms with van der Waals surface area (Å²) in [6, 6.07) is 14.4. The minimum absolute atomic E-state index is 0.266. The predicted octanol–water partition coefficient (Wildman–Crippen LogP) is 5.72. The average Bonchev–Trinajstić information content (AvgIpc) is 2.62. The number of hydrogen-bond acceptors (Lipinski definition) is 1. The van der Waals surface area contributed by atoms with Crippen molar-refractivity contribution < 1.29 is 8.78 Å². The molecule has 1 nitrogen and oxygen atoms in total. The highest BCUT2D eigenvalue weighted by molar-refractivity contribution is 5.97. The first-order chi connectivity index (χ1) is 11.7. The molecule has 1 unspecified atom stereocenters. The van der Waals surface area contributed by atoms with Crippen LogP contribution in [0.1, 0.15) is 12.0 Å². The second-order valence-corrected chi connectivity index (χ2v) is 5.87. The first-order valence-electron chi connectivity index (χ1n) is 7.88. The normalized spacial score (nSPS) is 17.1. The van der Waals surface area contributed by atoms with E-state index in [0.717, 1.165) is 33.2 Å². The molecule has 0 saturated carbocycles. The molecule has 0 radical (unpaired) electrons. The van der Waals surface area contributed by atoms with Crippen molar-refractivity contribution in [1.29, 1.82) is 0 Å². The molecule has 1 aliphatic rings. The van der Waals surface area contributed by atoms with E-state index in [1.807, 2.05) is 30.4 Å². The Morgan fingerprint density at radius 1 is 0.958 bits per heavy atom. The summed E-state index contributed by atoms with van der Waals surface area (Å²) in [6.07, 6.45) is 6.59. The minimum atomic E-state index is -0.898. The number of hydrogen-bond donors (Lipinski definition) is 0. The zero-order valence-corrected chi connectivity index (χ0v) is 12.9. The zero-order chi connectivity index (χ0) is 16.5. The van der Waals surface area contributed by atoms with Crippen LogP contribution in [0, 0.1) is 5.82 Å². The number of pyridine rings is 1. The highest BCUT2D eigenvalue weighted by Crippen LogP contribution is 2.31. The fourth-order valence-corrected chi connectivity index (χ4v) is 2.99. The number of nitrogens with zero attached hydrogens (tertiary/aromatic N) is 1. The summed E-state index contributed by atoms with van der Waals surface area (Å²) >= 11 is 0. The van der Waals surface area contributed by atoms with Gasteiger partial charge in [0.05, 0.1) is 5.69 Å². The van der Waals surface area contributed by atoms with Gasteiger partial charge < -0.3 is 0 Å². The Kier molecular flexibility index (Phi) is 3.69. The second-order valence-electron chi connectivity index (χ2n) is 5.87. The molecule has 0 aliphatic heterocycles. The monoisotopic (exact) mass is 319 g/mol. The highest BCUT2D eigenvalue weighted by atomic mass is 19.1. The van der Waals surface area contributed by atoms with E-state index in [9.17, 15) is 8.78 Å². The molecule has 1 heterocycles. The van der Waals surface area contributed by atoms with Crippen LogP contribution in [0.2, 0.25) is 0 Å². The molecule has 0 N–H and O–H groups in total. The summed E-state index contributed by atoms with van der Waals surface area (Å²) < 4.78 is 26.5. The number of aromatic nitrogens is 1. The van der Waals surface area contributed by atoms with E-state index in [4.69, 9.17) is 0 Å². The summed E-state index contributed by atoms with van der Waals surface area (Å²) in [5.41, 5.74) is 3.73. The topological polar surface area (TPSA) is 12.9 Å². The quantitative estimate of drug-likeness (QED) is 0.588. The molecule has 118 valence electrons. The standard InChI is InChI=1S/C21H15F2N/c22-18-7-3-14(4-8-18)17-2-1-15-11-12-24-21(20(15)13-17)16-5-9-19(23)10-6-16/h1-7,9-13,18H,8H2. The second kappa shape index (κ2) is 6.00. The van der Waals surface area contributed by atoms with Gasteiger partial charge in [-0.3, -0.25) is 4.98 Å². The lowest BCUT2D eigenvalue weighted by molar-refractivity contribution is 0.402. The third-order valence-corrected chi connectivity index (χ3v) is 4.26. The van der Waals surface area contributed by atoms with Crippen molar-refractivity contribution in [2.24, 2.45) is 0 Å². The smallest absolute Gasteiger partial charge is 0.123 e. The molecule has 1 aromatic heterocycles. The molecule has 1 atom stereocenters. The molecular weight excluding hydrogens is 304 g/mol. The van der Waals surface area contributed by atoms with Crippen LogP contribution in [0.15, 0.2) is 73.0 Å². The third kappa shape index (κ3) is 2.73. The van der Waals surface area contributed by atoms with Crippen molar-refractivity contribution in [1.82, 2.24) is 4.98 Å². The van der Waals surface area contributed by atoms with Crippen LogP contribution >= 0.6 is 0 Å². The number of halogens is 2. The maximum atomic E-state index is 13.3. The molecule has 3 heteroatoms. The van der Waals surface area contributed by atoms with E-state index in [0.29, 0.717) is 6.42 Å². The van der Waals surface area contributed by atoms with Gasteiger partial charge >= 0.3 is 0 Å². The Hall–Kier alpha value is -2.81. The Morgan fingerprint density at radius 2 is 1.75 bits per heavy atom. The molecule has 0 saturated heterocycles. The van der Waals surface area contributed by atoms with Gasteiger partial charge in [0.1, 0.15) is 12.0 Å². The van der Waals surface area contributed by atoms with E-state index in [-0.39, 0.29) is 5.82 Å². The first kappa shape index (κ1) is 14.8. The molecule has 0 bridgehead atoms. The van der Waals surface area contributed by atoms with Gasteiger partial charge in [-0.05, 0) is 59.0 Å². The lowest BCUT2D eigenvalue weighted by Crippen LogP contribution is -1.98. The maximum absolute atomic E-state index is 13.3. The SMILES string of the molecule is Fc1ccc(-c2nccc3ccc(C4=CCC(F)C=C4)cc23)cc1. The highest BCUT2D eigenvalue weighted by Gasteiger charge is 2.11. The Labute approximate surface area is 139 Å². The first-order valence-corrected chi connectivity index (χ1v) is 7.88. The summed E-state index contributed by atoms with van der Waals surface area (Å²) in [5.74, 6) is -0.266. The van der Waals surface area contributed by atoms with Gasteiger partial charge in [-0.25, -0.2) is 8.78 Å². The minimum Gasteiger partial charge on any atom is -0.256 e. The Bertz CT molecular complexity index is 955. The van der Waals surface area contributed by atoms with Crippen molar-refractivity contribution in [2.75, 3.05) is 0 Å². The predicted molar refractivity (Wildman–Crippen MR) is 93.8 cm³/mol. The van der Waals surface area contributed by atoms with Crippen LogP contribution in [0.25, 0.3) is 27.6 Å². The number of allylic oxidation sites excluding steroid dienone is 4. The maximum Gasteiger partial charge on any atom is 0.123 e. The molecule has 3 aromatic rings. The van der Waals surface area contributed by atoms with Gasteiger partial charge in [0.25, 0.3) is 0 Å². The van der Waals surface area contributed by atoms with Gasteiger partial charge in [-0.2, -0.15) is 0 Å². The molecule has 24 heavy (non-hydrogen) atoms. The van der Waals surface area contributed by atoms with Crippen LogP contribution < -0.4 is 0 Å². The summed E-state index contributed by atoms with van der Waals surface area (Å²) in [7, 11) is 0. The van der Waals surface area contributed by atoms with E-state index in [1.165, 1.54) is 12.1 Å². The van der Waals surface area contributed by atoms with Crippen molar-refractivity contribution in [3.8, 4) is 11.3 Å². The van der Waals surface area contributed by atoms with Crippen molar-refractivity contribution >= 4 is 16.3 Å². The van der Waals surface area contributed by atoms with E-state index in [1.54, 1.807) is 24.4 Å². The van der Waals surface area contributed by atoms with Gasteiger partial charge in [-0.15, -0.1) is 0 Å². The molecular formula is C21H15F2N. The molecule has 2 aromatic carbocycles. The largest absolute Gasteiger partial charge is 0.256 e. The van der Waals surface area contributed by atoms with Gasteiger partial charge in [0, 0.05) is 23.6 Å². The Balaban J connectivity index is 1.85. The third-order valence-electron chi connectivity index (χ3n) is 4.26. The fraction of sp³-hybridized carbons (Fsp3) is 0.0952. The van der Waals surface area contributed by atoms with Gasteiger partial charge in [-0.1, -0.05) is 24.3 Å². The average molecular weight is 319 g/mol. The van der Waals surface area contributed by atoms with Gasteiger partial charge in [0.15, 0.2) is 0 Å². The molecule has 0 spiro atoms. The lowest BCUT2D eigenvalue weighted by Gasteiger charge is -2.12. The summed E-state index contributed by atoms with van der Waals surface area (Å²) in [5, 5.41) is 2.06. The van der Waals surface area contributed by atoms with E-state index in [2.05, 4.69) is 11.1 Å². The van der Waals surface area contributed by atoms with Crippen LogP contribution in [0.4, 0.5) is 8.78 Å². The van der Waals surface area contributed by atoms with Crippen LogP contribution in [0.5, 0.6) is 0 Å². The van der Waals surface area contributed by atoms with Crippen molar-refractivity contribution in [3.05, 3.63) is 84.3 Å². The fourth-order valence-electron chi connectivity index (χ4n) is 2.99. The Morgan fingerprint density at radius 3 is 2.50 bits per heavy atom. The number of rotatable bonds is 2. The van der Waals surface area contributed by atoms with Crippen LogP contribution in [-0.4, -0.2) is 11.2 Å². The zero-order valence-electron chi connectivity index (χ0n) is 12.9. The van der Waals surface area contributed by atoms with Gasteiger partial charge in [0.2, 0.25) is 0 Å². The molecule has 0 amide bonds. The number of benzene rings is 2. The molecule has 1 aliphatic carbocycles. The van der Waals surface area contributed by atoms with Crippen molar-refractivity contribution in [2.45, 2.75) is 12.6 Å². The molecule has 0 fully saturated rings. The summed E-state index contributed by atoms with van der Waals surface area (Å²) in [4.78, 5) is 4.49. The number of fused-ring (bicyclic) bond motifs is 1. The van der Waals surface area contributed by atoms with Crippen LogP contribution in [0.3, 0.4) is 0 Å². The van der Waals surface area contributed by atoms with Crippen LogP contribution in [-0.2, 0) is 0 Å². The lowest BCUT2D eigenvalue weighted by atomic mass is 9.95. The molecule has 4 rings (SSSR count). The van der Waals surface area contributed by atoms with E-state index >= 15 is 0 Å². The van der Waals surface area contributed by atoms with Crippen molar-refractivity contribution in [3.63, 3.8) is 0 Å².